The van der Waals surface area contributed by atoms with Crippen LogP contribution < -0.4 is 10.5 Å². The van der Waals surface area contributed by atoms with Gasteiger partial charge >= 0.3 is 0 Å². The number of nitrogens with one attached hydrogen (secondary N) is 1. The highest BCUT2D eigenvalue weighted by molar-refractivity contribution is 7.89. The summed E-state index contributed by atoms with van der Waals surface area (Å²) in [6.07, 6.45) is 3.60. The first kappa shape index (κ1) is 15.3. The van der Waals surface area contributed by atoms with Crippen LogP contribution in [0.2, 0.25) is 0 Å². The van der Waals surface area contributed by atoms with Crippen LogP contribution in [-0.2, 0) is 10.0 Å². The lowest BCUT2D eigenvalue weighted by molar-refractivity contribution is 0.130. The van der Waals surface area contributed by atoms with Crippen molar-refractivity contribution in [2.24, 2.45) is 0 Å². The first-order valence-corrected chi connectivity index (χ1v) is 8.45. The summed E-state index contributed by atoms with van der Waals surface area (Å²) in [6.45, 7) is 1.83. The maximum Gasteiger partial charge on any atom is 0.240 e. The molecule has 0 spiro atoms. The molecule has 0 aromatic heterocycles. The van der Waals surface area contributed by atoms with Gasteiger partial charge in [-0.2, -0.15) is 0 Å². The average Bonchev–Trinajstić information content (AvgIpc) is 2.58. The molecule has 0 saturated heterocycles. The number of nitrogen functional groups attached to an aromatic ring is 1. The normalized spacial score (nSPS) is 24.3. The number of anilines is 1. The van der Waals surface area contributed by atoms with Gasteiger partial charge in [0.05, 0.1) is 11.0 Å². The van der Waals surface area contributed by atoms with Crippen molar-refractivity contribution in [3.05, 3.63) is 23.8 Å². The van der Waals surface area contributed by atoms with Crippen LogP contribution in [0, 0.1) is 6.92 Å². The number of hydrogen-bond donors (Lipinski definition) is 3. The van der Waals surface area contributed by atoms with E-state index in [0.717, 1.165) is 24.8 Å². The second-order valence-corrected chi connectivity index (χ2v) is 7.17. The van der Waals surface area contributed by atoms with Crippen molar-refractivity contribution in [3.63, 3.8) is 0 Å². The first-order chi connectivity index (χ1) is 9.40. The highest BCUT2D eigenvalue weighted by atomic mass is 32.2. The zero-order chi connectivity index (χ0) is 14.8. The molecule has 1 saturated carbocycles. The number of nitrogens with two attached hydrogens (primary N) is 1. The van der Waals surface area contributed by atoms with E-state index in [0.29, 0.717) is 18.5 Å². The minimum absolute atomic E-state index is 0.150. The van der Waals surface area contributed by atoms with Gasteiger partial charge in [-0.25, -0.2) is 13.1 Å². The smallest absolute Gasteiger partial charge is 0.240 e. The molecule has 1 aromatic rings. The predicted molar refractivity (Wildman–Crippen MR) is 78.8 cm³/mol. The largest absolute Gasteiger partial charge is 0.398 e. The molecule has 2 unspecified atom stereocenters. The van der Waals surface area contributed by atoms with Gasteiger partial charge in [0.15, 0.2) is 0 Å². The Kier molecular flexibility index (Phi) is 4.67. The summed E-state index contributed by atoms with van der Waals surface area (Å²) in [5, 5.41) is 10.0. The van der Waals surface area contributed by atoms with Crippen LogP contribution in [0.3, 0.4) is 0 Å². The van der Waals surface area contributed by atoms with E-state index in [-0.39, 0.29) is 4.90 Å². The molecule has 1 aliphatic carbocycles. The lowest BCUT2D eigenvalue weighted by Crippen LogP contribution is -2.42. The van der Waals surface area contributed by atoms with E-state index >= 15 is 0 Å². The molecule has 0 bridgehead atoms. The van der Waals surface area contributed by atoms with Crippen LogP contribution in [0.5, 0.6) is 0 Å². The van der Waals surface area contributed by atoms with E-state index in [9.17, 15) is 13.5 Å². The molecule has 1 aliphatic rings. The number of aliphatic hydroxyl groups excluding tert-OH is 1. The molecule has 1 fully saturated rings. The minimum Gasteiger partial charge on any atom is -0.398 e. The molecule has 0 radical (unpaired) electrons. The lowest BCUT2D eigenvalue weighted by atomic mass is 10.1. The standard InChI is InChI=1S/C14H22N2O3S/c1-10-7-8-11(9-12(10)15)20(18,19)16-13-5-3-2-4-6-14(13)17/h7-9,13-14,16-17H,2-6,15H2,1H3. The van der Waals surface area contributed by atoms with E-state index in [2.05, 4.69) is 4.72 Å². The number of aliphatic hydroxyl groups is 1. The highest BCUT2D eigenvalue weighted by Crippen LogP contribution is 2.22. The third-order valence-corrected chi connectivity index (χ3v) is 5.33. The molecular formula is C14H22N2O3S. The summed E-state index contributed by atoms with van der Waals surface area (Å²) in [5.74, 6) is 0. The summed E-state index contributed by atoms with van der Waals surface area (Å²) in [5.41, 5.74) is 7.06. The monoisotopic (exact) mass is 298 g/mol. The summed E-state index contributed by atoms with van der Waals surface area (Å²) in [7, 11) is -3.64. The van der Waals surface area contributed by atoms with E-state index in [1.165, 1.54) is 12.1 Å². The van der Waals surface area contributed by atoms with Crippen molar-refractivity contribution in [2.45, 2.75) is 56.1 Å². The van der Waals surface area contributed by atoms with Gasteiger partial charge in [-0.15, -0.1) is 0 Å². The van der Waals surface area contributed by atoms with Gasteiger partial charge in [-0.1, -0.05) is 25.3 Å². The molecule has 2 rings (SSSR count). The van der Waals surface area contributed by atoms with Crippen molar-refractivity contribution in [1.29, 1.82) is 0 Å². The van der Waals surface area contributed by atoms with Crippen LogP contribution in [0.1, 0.15) is 37.7 Å². The number of benzene rings is 1. The SMILES string of the molecule is Cc1ccc(S(=O)(=O)NC2CCCCCC2O)cc1N. The molecule has 5 nitrogen and oxygen atoms in total. The van der Waals surface area contributed by atoms with Crippen molar-refractivity contribution in [1.82, 2.24) is 4.72 Å². The number of rotatable bonds is 3. The first-order valence-electron chi connectivity index (χ1n) is 6.96. The van der Waals surface area contributed by atoms with Crippen LogP contribution in [0.25, 0.3) is 0 Å². The number of hydrogen-bond acceptors (Lipinski definition) is 4. The summed E-state index contributed by atoms with van der Waals surface area (Å²) < 4.78 is 27.3. The van der Waals surface area contributed by atoms with Crippen molar-refractivity contribution in [2.75, 3.05) is 5.73 Å². The Labute approximate surface area is 120 Å². The fourth-order valence-electron chi connectivity index (χ4n) is 2.48. The van der Waals surface area contributed by atoms with Gasteiger partial charge in [0.1, 0.15) is 0 Å². The Hall–Kier alpha value is -1.11. The highest BCUT2D eigenvalue weighted by Gasteiger charge is 2.27. The molecule has 1 aromatic carbocycles. The van der Waals surface area contributed by atoms with Crippen molar-refractivity contribution in [3.8, 4) is 0 Å². The van der Waals surface area contributed by atoms with Crippen molar-refractivity contribution >= 4 is 15.7 Å². The maximum absolute atomic E-state index is 12.3. The molecule has 6 heteroatoms. The zero-order valence-corrected chi connectivity index (χ0v) is 12.5. The Morgan fingerprint density at radius 2 is 1.95 bits per heavy atom. The van der Waals surface area contributed by atoms with Crippen LogP contribution >= 0.6 is 0 Å². The molecule has 0 amide bonds. The molecule has 0 heterocycles. The third-order valence-electron chi connectivity index (χ3n) is 3.85. The second-order valence-electron chi connectivity index (χ2n) is 5.45. The quantitative estimate of drug-likeness (QED) is 0.583. The van der Waals surface area contributed by atoms with Gasteiger partial charge in [-0.3, -0.25) is 0 Å². The summed E-state index contributed by atoms with van der Waals surface area (Å²) >= 11 is 0. The van der Waals surface area contributed by atoms with E-state index < -0.39 is 22.2 Å². The number of sulfonamides is 1. The van der Waals surface area contributed by atoms with Crippen LogP contribution in [0.4, 0.5) is 5.69 Å². The van der Waals surface area contributed by atoms with E-state index in [4.69, 9.17) is 5.73 Å². The molecule has 0 aliphatic heterocycles. The second kappa shape index (κ2) is 6.11. The number of aryl methyl sites for hydroxylation is 1. The third kappa shape index (κ3) is 3.50. The Morgan fingerprint density at radius 3 is 2.65 bits per heavy atom. The zero-order valence-electron chi connectivity index (χ0n) is 11.7. The van der Waals surface area contributed by atoms with Gasteiger partial charge in [0.25, 0.3) is 0 Å². The Morgan fingerprint density at radius 1 is 1.25 bits per heavy atom. The summed E-state index contributed by atoms with van der Waals surface area (Å²) in [6, 6.07) is 4.27. The maximum atomic E-state index is 12.3. The summed E-state index contributed by atoms with van der Waals surface area (Å²) in [4.78, 5) is 0.150. The molecule has 2 atom stereocenters. The van der Waals surface area contributed by atoms with Gasteiger partial charge < -0.3 is 10.8 Å². The average molecular weight is 298 g/mol. The molecule has 20 heavy (non-hydrogen) atoms. The molecular weight excluding hydrogens is 276 g/mol. The minimum atomic E-state index is -3.64. The lowest BCUT2D eigenvalue weighted by Gasteiger charge is -2.21. The molecule has 112 valence electrons. The fraction of sp³-hybridized carbons (Fsp3) is 0.571. The topological polar surface area (TPSA) is 92.4 Å². The van der Waals surface area contributed by atoms with Crippen LogP contribution in [0.15, 0.2) is 23.1 Å². The Balaban J connectivity index is 2.19. The van der Waals surface area contributed by atoms with Gasteiger partial charge in [0, 0.05) is 11.7 Å². The van der Waals surface area contributed by atoms with E-state index in [1.54, 1.807) is 6.07 Å². The Bertz CT molecular complexity index is 572. The fourth-order valence-corrected chi connectivity index (χ4v) is 3.82. The van der Waals surface area contributed by atoms with Gasteiger partial charge in [0.2, 0.25) is 10.0 Å². The molecule has 4 N–H and O–H groups in total. The van der Waals surface area contributed by atoms with E-state index in [1.807, 2.05) is 6.92 Å². The van der Waals surface area contributed by atoms with Crippen LogP contribution in [-0.4, -0.2) is 25.7 Å². The van der Waals surface area contributed by atoms with Crippen molar-refractivity contribution < 1.29 is 13.5 Å². The van der Waals surface area contributed by atoms with Gasteiger partial charge in [-0.05, 0) is 37.5 Å². The predicted octanol–water partition coefficient (Wildman–Crippen LogP) is 1.55.